The third kappa shape index (κ3) is 6.27. The highest BCUT2D eigenvalue weighted by Gasteiger charge is 2.87. The normalized spacial score (nSPS) is 36.5. The Hall–Kier alpha value is -1.65. The maximum atomic E-state index is 14.1. The van der Waals surface area contributed by atoms with E-state index in [1.807, 2.05) is 6.92 Å². The fraction of sp³-hybridized carbons (Fsp3) is 0.848. The van der Waals surface area contributed by atoms with Crippen molar-refractivity contribution in [1.29, 1.82) is 0 Å². The second-order valence-corrected chi connectivity index (χ2v) is 14.0. The summed E-state index contributed by atoms with van der Waals surface area (Å²) >= 11 is 0. The largest absolute Gasteiger partial charge is 0.460 e. The first kappa shape index (κ1) is 31.8. The van der Waals surface area contributed by atoms with Gasteiger partial charge >= 0.3 is 5.97 Å². The highest BCUT2D eigenvalue weighted by molar-refractivity contribution is 6.23. The van der Waals surface area contributed by atoms with Crippen molar-refractivity contribution in [2.45, 2.75) is 133 Å². The highest BCUT2D eigenvalue weighted by Crippen LogP contribution is 2.62. The van der Waals surface area contributed by atoms with Crippen LogP contribution in [0.2, 0.25) is 0 Å². The smallest absolute Gasteiger partial charge is 0.350 e. The summed E-state index contributed by atoms with van der Waals surface area (Å²) < 4.78 is 11.7. The molecular formula is C33H53N2O7+. The Kier molecular flexibility index (Phi) is 10.2. The Labute approximate surface area is 250 Å². The molecule has 42 heavy (non-hydrogen) atoms. The van der Waals surface area contributed by atoms with Gasteiger partial charge in [-0.3, -0.25) is 15.3 Å². The number of ketones is 2. The van der Waals surface area contributed by atoms with E-state index in [2.05, 4.69) is 5.32 Å². The molecule has 3 saturated carbocycles. The van der Waals surface area contributed by atoms with E-state index in [0.29, 0.717) is 36.7 Å². The molecule has 3 aliphatic carbocycles. The van der Waals surface area contributed by atoms with Gasteiger partial charge in [-0.1, -0.05) is 50.5 Å². The lowest BCUT2D eigenvalue weighted by atomic mass is 9.60. The molecule has 2 heterocycles. The van der Waals surface area contributed by atoms with E-state index < -0.39 is 35.1 Å². The van der Waals surface area contributed by atoms with Gasteiger partial charge in [0, 0.05) is 24.7 Å². The van der Waals surface area contributed by atoms with Crippen LogP contribution in [-0.2, 0) is 23.9 Å². The average molecular weight is 590 g/mol. The molecule has 9 nitrogen and oxygen atoms in total. The van der Waals surface area contributed by atoms with Crippen LogP contribution in [0.1, 0.15) is 110 Å². The molecule has 0 aromatic heterocycles. The topological polar surface area (TPSA) is 156 Å². The number of aliphatic hydroxyl groups excluding tert-OH is 2. The Morgan fingerprint density at radius 1 is 1.02 bits per heavy atom. The molecule has 236 valence electrons. The zero-order chi connectivity index (χ0) is 29.9. The quantitative estimate of drug-likeness (QED) is 0.117. The molecule has 7 atom stereocenters. The lowest BCUT2D eigenvalue weighted by molar-refractivity contribution is -0.699. The first-order chi connectivity index (χ1) is 20.2. The minimum Gasteiger partial charge on any atom is -0.460 e. The maximum Gasteiger partial charge on any atom is 0.350 e. The zero-order valence-electron chi connectivity index (χ0n) is 25.5. The second-order valence-electron chi connectivity index (χ2n) is 14.0. The summed E-state index contributed by atoms with van der Waals surface area (Å²) in [5, 5.41) is 23.2. The van der Waals surface area contributed by atoms with Crippen molar-refractivity contribution in [2.24, 2.45) is 29.4 Å². The van der Waals surface area contributed by atoms with Crippen molar-refractivity contribution in [3.05, 3.63) is 11.1 Å². The summed E-state index contributed by atoms with van der Waals surface area (Å²) in [7, 11) is 0. The van der Waals surface area contributed by atoms with Crippen LogP contribution in [0, 0.1) is 23.7 Å². The number of hydrogen-bond acceptors (Lipinski definition) is 8. The number of carbonyl (C=O) groups excluding carboxylic acids is 3. The molecule has 6 N–H and O–H groups in total. The SMILES string of the molecule is CC(CCC1CC[NH2+]C(N)C1)=C(CO)CC12OC1(C(=O)OCC(O)CCC1CCCCC1)C(=O)C1CCCCC1C2=O. The number of ether oxygens (including phenoxy) is 2. The molecular weight excluding hydrogens is 536 g/mol. The molecule has 7 unspecified atom stereocenters. The van der Waals surface area contributed by atoms with E-state index in [1.165, 1.54) is 32.1 Å². The van der Waals surface area contributed by atoms with E-state index in [1.54, 1.807) is 0 Å². The number of allylic oxidation sites excluding steroid dienone is 1. The summed E-state index contributed by atoms with van der Waals surface area (Å²) in [4.78, 5) is 41.7. The molecule has 0 aromatic rings. The van der Waals surface area contributed by atoms with Crippen LogP contribution in [-0.4, -0.2) is 71.0 Å². The van der Waals surface area contributed by atoms with Crippen LogP contribution in [0.25, 0.3) is 0 Å². The average Bonchev–Trinajstić information content (AvgIpc) is 3.71. The number of fused-ring (bicyclic) bond motifs is 2. The van der Waals surface area contributed by atoms with Crippen molar-refractivity contribution in [3.63, 3.8) is 0 Å². The van der Waals surface area contributed by atoms with Crippen molar-refractivity contribution in [3.8, 4) is 0 Å². The second kappa shape index (κ2) is 13.6. The van der Waals surface area contributed by atoms with Gasteiger partial charge in [0.25, 0.3) is 5.60 Å². The number of quaternary nitrogens is 1. The van der Waals surface area contributed by atoms with Gasteiger partial charge in [0.15, 0.2) is 17.2 Å². The summed E-state index contributed by atoms with van der Waals surface area (Å²) in [6.45, 7) is 2.48. The molecule has 0 bridgehead atoms. The standard InChI is InChI=1S/C33H52N2O7/c1-21(11-12-23-15-16-35-28(34)17-23)24(19-36)18-32-29(38)26-9-5-6-10-27(26)30(39)33(32,42-32)31(40)41-20-25(37)14-13-22-7-3-2-4-8-22/h22-23,25-28,35-37H,2-20,34H2,1H3/p+1. The number of esters is 1. The van der Waals surface area contributed by atoms with E-state index in [-0.39, 0.29) is 37.4 Å². The van der Waals surface area contributed by atoms with Crippen LogP contribution in [0.5, 0.6) is 0 Å². The minimum atomic E-state index is -1.97. The van der Waals surface area contributed by atoms with Gasteiger partial charge in [-0.25, -0.2) is 4.79 Å². The zero-order valence-corrected chi connectivity index (χ0v) is 25.5. The minimum absolute atomic E-state index is 0.0143. The summed E-state index contributed by atoms with van der Waals surface area (Å²) in [6, 6.07) is 0. The van der Waals surface area contributed by atoms with Crippen molar-refractivity contribution < 1.29 is 39.4 Å². The first-order valence-electron chi connectivity index (χ1n) is 16.7. The van der Waals surface area contributed by atoms with E-state index in [0.717, 1.165) is 57.1 Å². The van der Waals surface area contributed by atoms with Gasteiger partial charge in [-0.15, -0.1) is 0 Å². The van der Waals surface area contributed by atoms with Gasteiger partial charge in [0.05, 0.1) is 19.3 Å². The molecule has 0 aromatic carbocycles. The number of hydrogen-bond donors (Lipinski definition) is 4. The van der Waals surface area contributed by atoms with Crippen molar-refractivity contribution in [2.75, 3.05) is 19.8 Å². The fourth-order valence-corrected chi connectivity index (χ4v) is 8.49. The number of rotatable bonds is 12. The van der Waals surface area contributed by atoms with Gasteiger partial charge in [0.1, 0.15) is 12.8 Å². The third-order valence-electron chi connectivity index (χ3n) is 11.2. The summed E-state index contributed by atoms with van der Waals surface area (Å²) in [5.41, 5.74) is 4.15. The van der Waals surface area contributed by atoms with E-state index >= 15 is 0 Å². The molecule has 0 radical (unpaired) electrons. The molecule has 0 spiro atoms. The van der Waals surface area contributed by atoms with Crippen molar-refractivity contribution in [1.82, 2.24) is 0 Å². The number of epoxide rings is 1. The number of piperidine rings is 1. The Balaban J connectivity index is 1.29. The van der Waals surface area contributed by atoms with Crippen LogP contribution in [0.3, 0.4) is 0 Å². The number of aliphatic hydroxyl groups is 2. The summed E-state index contributed by atoms with van der Waals surface area (Å²) in [6.07, 6.45) is 13.4. The lowest BCUT2D eigenvalue weighted by Gasteiger charge is -2.37. The summed E-state index contributed by atoms with van der Waals surface area (Å²) in [5.74, 6) is -1.30. The fourth-order valence-electron chi connectivity index (χ4n) is 8.49. The van der Waals surface area contributed by atoms with Crippen LogP contribution in [0.15, 0.2) is 11.1 Å². The third-order valence-corrected chi connectivity index (χ3v) is 11.2. The molecule has 5 rings (SSSR count). The Morgan fingerprint density at radius 2 is 1.71 bits per heavy atom. The number of Topliss-reactive ketones (excluding diaryl/α,β-unsaturated/α-hetero) is 2. The highest BCUT2D eigenvalue weighted by atomic mass is 16.7. The van der Waals surface area contributed by atoms with E-state index in [9.17, 15) is 24.6 Å². The Bertz CT molecular complexity index is 1040. The van der Waals surface area contributed by atoms with Gasteiger partial charge in [0.2, 0.25) is 0 Å². The number of nitrogens with two attached hydrogens (primary N) is 2. The molecule has 5 aliphatic rings. The predicted octanol–water partition coefficient (Wildman–Crippen LogP) is 2.45. The number of carbonyl (C=O) groups is 3. The monoisotopic (exact) mass is 589 g/mol. The van der Waals surface area contributed by atoms with Crippen LogP contribution >= 0.6 is 0 Å². The lowest BCUT2D eigenvalue weighted by Crippen LogP contribution is -2.94. The van der Waals surface area contributed by atoms with Crippen LogP contribution in [0.4, 0.5) is 0 Å². The van der Waals surface area contributed by atoms with Gasteiger partial charge < -0.3 is 25.0 Å². The first-order valence-corrected chi connectivity index (χ1v) is 16.7. The molecule has 2 saturated heterocycles. The molecule has 9 heteroatoms. The van der Waals surface area contributed by atoms with E-state index in [4.69, 9.17) is 15.2 Å². The molecule has 5 fully saturated rings. The van der Waals surface area contributed by atoms with Gasteiger partial charge in [-0.2, -0.15) is 0 Å². The Morgan fingerprint density at radius 3 is 2.40 bits per heavy atom. The predicted molar refractivity (Wildman–Crippen MR) is 156 cm³/mol. The molecule has 0 amide bonds. The molecule has 2 aliphatic heterocycles. The maximum absolute atomic E-state index is 14.1. The van der Waals surface area contributed by atoms with Gasteiger partial charge in [-0.05, 0) is 69.3 Å². The van der Waals surface area contributed by atoms with Crippen LogP contribution < -0.4 is 11.1 Å². The van der Waals surface area contributed by atoms with Crippen molar-refractivity contribution >= 4 is 17.5 Å².